The Labute approximate surface area is 221 Å². The highest BCUT2D eigenvalue weighted by Crippen LogP contribution is 2.38. The molecule has 1 fully saturated rings. The van der Waals surface area contributed by atoms with Crippen LogP contribution in [0.2, 0.25) is 10.0 Å². The van der Waals surface area contributed by atoms with E-state index in [4.69, 9.17) is 23.2 Å². The lowest BCUT2D eigenvalue weighted by atomic mass is 9.89. The van der Waals surface area contributed by atoms with Gasteiger partial charge in [0.15, 0.2) is 5.78 Å². The first-order chi connectivity index (χ1) is 17.5. The summed E-state index contributed by atoms with van der Waals surface area (Å²) in [5.74, 6) is -0.828. The summed E-state index contributed by atoms with van der Waals surface area (Å²) in [6.07, 6.45) is -1.76. The zero-order chi connectivity index (χ0) is 26.5. The van der Waals surface area contributed by atoms with Crippen molar-refractivity contribution >= 4 is 51.5 Å². The minimum absolute atomic E-state index is 0.0218. The van der Waals surface area contributed by atoms with Crippen LogP contribution in [0.5, 0.6) is 0 Å². The van der Waals surface area contributed by atoms with Gasteiger partial charge in [0.05, 0.1) is 11.4 Å². The summed E-state index contributed by atoms with van der Waals surface area (Å²) in [6, 6.07) is 10.6. The van der Waals surface area contributed by atoms with Crippen molar-refractivity contribution in [2.75, 3.05) is 11.9 Å². The summed E-state index contributed by atoms with van der Waals surface area (Å²) in [5.41, 5.74) is 0.903. The second kappa shape index (κ2) is 9.80. The van der Waals surface area contributed by atoms with E-state index >= 15 is 0 Å². The molecule has 5 rings (SSSR count). The summed E-state index contributed by atoms with van der Waals surface area (Å²) in [5, 5.41) is 4.53. The molecule has 2 aromatic carbocycles. The number of hydrogen-bond acceptors (Lipinski definition) is 4. The first-order valence-electron chi connectivity index (χ1n) is 12.0. The molecular formula is C27H24Cl2F3N3O2. The lowest BCUT2D eigenvalue weighted by Gasteiger charge is -2.37. The fourth-order valence-electron chi connectivity index (χ4n) is 5.44. The molecule has 1 amide bonds. The molecule has 194 valence electrons. The highest BCUT2D eigenvalue weighted by atomic mass is 35.5. The maximum atomic E-state index is 13.5. The minimum Gasteiger partial charge on any atom is -0.371 e. The fourth-order valence-corrected chi connectivity index (χ4v) is 5.79. The van der Waals surface area contributed by atoms with E-state index in [1.54, 1.807) is 31.3 Å². The van der Waals surface area contributed by atoms with Crippen LogP contribution in [0.4, 0.5) is 18.9 Å². The molecule has 1 N–H and O–H groups in total. The Kier molecular flexibility index (Phi) is 6.83. The Morgan fingerprint density at radius 3 is 2.41 bits per heavy atom. The Bertz CT molecular complexity index is 1390. The van der Waals surface area contributed by atoms with E-state index in [1.165, 1.54) is 12.1 Å². The van der Waals surface area contributed by atoms with Gasteiger partial charge in [0, 0.05) is 52.2 Å². The Hall–Kier alpha value is -2.84. The van der Waals surface area contributed by atoms with Crippen molar-refractivity contribution < 1.29 is 22.8 Å². The van der Waals surface area contributed by atoms with Gasteiger partial charge in [-0.2, -0.15) is 13.2 Å². The van der Waals surface area contributed by atoms with Gasteiger partial charge in [-0.3, -0.25) is 9.59 Å². The van der Waals surface area contributed by atoms with Crippen molar-refractivity contribution in [2.24, 2.45) is 0 Å². The summed E-state index contributed by atoms with van der Waals surface area (Å²) in [6.45, 7) is 0. The second-order valence-corrected chi connectivity index (χ2v) is 10.6. The van der Waals surface area contributed by atoms with E-state index in [1.807, 2.05) is 4.90 Å². The number of rotatable bonds is 4. The van der Waals surface area contributed by atoms with Crippen molar-refractivity contribution in [2.45, 2.75) is 56.3 Å². The number of carbonyl (C=O) groups is 2. The zero-order valence-corrected chi connectivity index (χ0v) is 21.4. The smallest absolute Gasteiger partial charge is 0.371 e. The van der Waals surface area contributed by atoms with Crippen molar-refractivity contribution in [1.82, 2.24) is 10.3 Å². The number of carbonyl (C=O) groups excluding carboxylic acids is 2. The molecule has 1 aromatic heterocycles. The fraction of sp³-hybridized carbons (Fsp3) is 0.370. The first kappa shape index (κ1) is 25.8. The predicted molar refractivity (Wildman–Crippen MR) is 137 cm³/mol. The van der Waals surface area contributed by atoms with E-state index in [9.17, 15) is 22.8 Å². The summed E-state index contributed by atoms with van der Waals surface area (Å²) in [4.78, 5) is 31.0. The highest BCUT2D eigenvalue weighted by Gasteiger charge is 2.37. The second-order valence-electron chi connectivity index (χ2n) is 9.72. The Morgan fingerprint density at radius 1 is 1.03 bits per heavy atom. The molecule has 0 saturated heterocycles. The zero-order valence-electron chi connectivity index (χ0n) is 19.9. The molecule has 2 aliphatic rings. The number of alkyl halides is 3. The van der Waals surface area contributed by atoms with E-state index in [0.29, 0.717) is 57.9 Å². The lowest BCUT2D eigenvalue weighted by molar-refractivity contribution is -0.140. The van der Waals surface area contributed by atoms with E-state index < -0.39 is 17.8 Å². The largest absolute Gasteiger partial charge is 0.433 e. The molecular weight excluding hydrogens is 526 g/mol. The van der Waals surface area contributed by atoms with Gasteiger partial charge in [-0.1, -0.05) is 23.2 Å². The molecule has 3 aromatic rings. The van der Waals surface area contributed by atoms with Gasteiger partial charge < -0.3 is 10.2 Å². The number of benzene rings is 2. The molecule has 37 heavy (non-hydrogen) atoms. The number of fused-ring (bicyclic) bond motifs is 2. The maximum Gasteiger partial charge on any atom is 0.433 e. The number of pyridine rings is 1. The third-order valence-corrected chi connectivity index (χ3v) is 7.88. The average Bonchev–Trinajstić information content (AvgIpc) is 3.18. The number of halogens is 5. The first-order valence-corrected chi connectivity index (χ1v) is 12.8. The molecule has 1 heterocycles. The van der Waals surface area contributed by atoms with Crippen molar-refractivity contribution in [3.8, 4) is 0 Å². The molecule has 2 aliphatic carbocycles. The number of hydrogen-bond donors (Lipinski definition) is 1. The van der Waals surface area contributed by atoms with Crippen LogP contribution in [-0.2, 0) is 11.0 Å². The number of amides is 1. The molecule has 0 aliphatic heterocycles. The number of nitrogens with zero attached hydrogens (tertiary/aromatic N) is 2. The molecule has 1 atom stereocenters. The SMILES string of the molecule is CN(c1cc(C(F)(F)F)nc2ccc(Cl)cc12)[C@H]1CC[C@@H](NC(=O)C2CC(=O)c3ccc(Cl)cc32)CC1. The quantitative estimate of drug-likeness (QED) is 0.389. The van der Waals surface area contributed by atoms with Crippen molar-refractivity contribution in [3.05, 3.63) is 69.3 Å². The van der Waals surface area contributed by atoms with E-state index in [0.717, 1.165) is 6.07 Å². The number of ketones is 1. The van der Waals surface area contributed by atoms with Gasteiger partial charge in [-0.25, -0.2) is 4.98 Å². The molecule has 10 heteroatoms. The van der Waals surface area contributed by atoms with Gasteiger partial charge in [0.2, 0.25) is 5.91 Å². The van der Waals surface area contributed by atoms with Gasteiger partial charge in [0.25, 0.3) is 0 Å². The van der Waals surface area contributed by atoms with Crippen LogP contribution in [0.3, 0.4) is 0 Å². The van der Waals surface area contributed by atoms with Crippen LogP contribution < -0.4 is 10.2 Å². The third kappa shape index (κ3) is 5.14. The van der Waals surface area contributed by atoms with Crippen molar-refractivity contribution in [3.63, 3.8) is 0 Å². The molecule has 0 radical (unpaired) electrons. The standard InChI is InChI=1S/C27H24Cl2F3N3O2/c1-35(23-13-25(27(30,31)32)34-22-9-3-15(29)11-21(22)23)17-6-4-16(5-7-17)33-26(37)20-12-24(36)18-8-2-14(28)10-19(18)20/h2-3,8-11,13,16-17,20H,4-7,12H2,1H3,(H,33,37)/t16-,17+,20?. The molecule has 1 saturated carbocycles. The van der Waals surface area contributed by atoms with E-state index in [-0.39, 0.29) is 35.7 Å². The molecule has 1 unspecified atom stereocenters. The summed E-state index contributed by atoms with van der Waals surface area (Å²) in [7, 11) is 1.78. The topological polar surface area (TPSA) is 62.3 Å². The minimum atomic E-state index is -4.57. The van der Waals surface area contributed by atoms with Crippen LogP contribution in [0.25, 0.3) is 10.9 Å². The van der Waals surface area contributed by atoms with Gasteiger partial charge >= 0.3 is 6.18 Å². The monoisotopic (exact) mass is 549 g/mol. The van der Waals surface area contributed by atoms with Crippen LogP contribution in [0.1, 0.15) is 59.6 Å². The van der Waals surface area contributed by atoms with Gasteiger partial charge in [-0.15, -0.1) is 0 Å². The average molecular weight is 550 g/mol. The Morgan fingerprint density at radius 2 is 1.70 bits per heavy atom. The predicted octanol–water partition coefficient (Wildman–Crippen LogP) is 6.79. The van der Waals surface area contributed by atoms with Crippen LogP contribution in [0.15, 0.2) is 42.5 Å². The summed E-state index contributed by atoms with van der Waals surface area (Å²) >= 11 is 12.2. The van der Waals surface area contributed by atoms with Gasteiger partial charge in [-0.05, 0) is 73.7 Å². The maximum absolute atomic E-state index is 13.5. The molecule has 5 nitrogen and oxygen atoms in total. The van der Waals surface area contributed by atoms with Crippen LogP contribution in [-0.4, -0.2) is 35.8 Å². The highest BCUT2D eigenvalue weighted by molar-refractivity contribution is 6.31. The normalized spacial score (nSPS) is 21.7. The number of nitrogens with one attached hydrogen (secondary N) is 1. The van der Waals surface area contributed by atoms with Gasteiger partial charge in [0.1, 0.15) is 5.69 Å². The Balaban J connectivity index is 1.29. The van der Waals surface area contributed by atoms with Crippen LogP contribution >= 0.6 is 23.2 Å². The third-order valence-electron chi connectivity index (χ3n) is 7.41. The number of anilines is 1. The van der Waals surface area contributed by atoms with E-state index in [2.05, 4.69) is 10.3 Å². The number of Topliss-reactive ketones (excluding diaryl/α,β-unsaturated/α-hetero) is 1. The lowest BCUT2D eigenvalue weighted by Crippen LogP contribution is -2.44. The summed E-state index contributed by atoms with van der Waals surface area (Å²) < 4.78 is 40.6. The molecule has 0 spiro atoms. The van der Waals surface area contributed by atoms with Crippen molar-refractivity contribution in [1.29, 1.82) is 0 Å². The molecule has 0 bridgehead atoms. The number of aromatic nitrogens is 1. The van der Waals surface area contributed by atoms with Crippen LogP contribution in [0, 0.1) is 0 Å².